The number of nitrogens with one attached hydrogen (secondary N) is 1. The lowest BCUT2D eigenvalue weighted by Crippen LogP contribution is -2.17. The Balaban J connectivity index is 1.55. The van der Waals surface area contributed by atoms with Crippen LogP contribution in [0.15, 0.2) is 78.9 Å². The van der Waals surface area contributed by atoms with Crippen molar-refractivity contribution in [1.29, 1.82) is 0 Å². The normalized spacial score (nSPS) is 11.1. The largest absolute Gasteiger partial charge is 0.326 e. The molecule has 1 heterocycles. The van der Waals surface area contributed by atoms with Crippen molar-refractivity contribution in [2.45, 2.75) is 26.7 Å². The average molecular weight is 383 g/mol. The number of aryl methyl sites for hydroxylation is 2. The second-order valence-electron chi connectivity index (χ2n) is 7.53. The van der Waals surface area contributed by atoms with Gasteiger partial charge in [-0.25, -0.2) is 4.98 Å². The summed E-state index contributed by atoms with van der Waals surface area (Å²) in [6, 6.07) is 26.7. The third kappa shape index (κ3) is 4.21. The van der Waals surface area contributed by atoms with Gasteiger partial charge in [-0.15, -0.1) is 0 Å². The first-order chi connectivity index (χ1) is 14.1. The first-order valence-corrected chi connectivity index (χ1v) is 10.0. The highest BCUT2D eigenvalue weighted by Gasteiger charge is 2.12. The van der Waals surface area contributed by atoms with Gasteiger partial charge in [0.05, 0.1) is 11.0 Å². The zero-order valence-electron chi connectivity index (χ0n) is 16.8. The van der Waals surface area contributed by atoms with Gasteiger partial charge in [0.25, 0.3) is 0 Å². The third-order valence-corrected chi connectivity index (χ3v) is 5.03. The molecule has 0 fully saturated rings. The molecule has 0 aliphatic heterocycles. The summed E-state index contributed by atoms with van der Waals surface area (Å²) in [5, 5.41) is 2.94. The minimum Gasteiger partial charge on any atom is -0.326 e. The van der Waals surface area contributed by atoms with Gasteiger partial charge in [0.15, 0.2) is 0 Å². The molecule has 0 bridgehead atoms. The van der Waals surface area contributed by atoms with Crippen LogP contribution in [0.25, 0.3) is 16.7 Å². The van der Waals surface area contributed by atoms with E-state index in [0.29, 0.717) is 0 Å². The van der Waals surface area contributed by atoms with Crippen molar-refractivity contribution in [1.82, 2.24) is 9.55 Å². The molecule has 0 aliphatic rings. The zero-order valence-corrected chi connectivity index (χ0v) is 16.8. The second kappa shape index (κ2) is 8.31. The Morgan fingerprint density at radius 1 is 0.897 bits per heavy atom. The van der Waals surface area contributed by atoms with Gasteiger partial charge in [0, 0.05) is 23.7 Å². The van der Waals surface area contributed by atoms with Crippen molar-refractivity contribution in [2.75, 3.05) is 5.32 Å². The van der Waals surface area contributed by atoms with E-state index in [0.717, 1.165) is 41.1 Å². The number of hydrogen-bond acceptors (Lipinski definition) is 2. The lowest BCUT2D eigenvalue weighted by atomic mass is 10.1. The molecule has 4 nitrogen and oxygen atoms in total. The maximum absolute atomic E-state index is 11.8. The van der Waals surface area contributed by atoms with Gasteiger partial charge in [-0.3, -0.25) is 9.36 Å². The molecule has 1 aromatic heterocycles. The fraction of sp³-hybridized carbons (Fsp3) is 0.200. The highest BCUT2D eigenvalue weighted by Crippen LogP contribution is 2.23. The van der Waals surface area contributed by atoms with Crippen LogP contribution in [0.4, 0.5) is 5.69 Å². The van der Waals surface area contributed by atoms with E-state index in [-0.39, 0.29) is 11.8 Å². The molecule has 0 unspecified atom stereocenters. The van der Waals surface area contributed by atoms with Crippen LogP contribution in [0, 0.1) is 5.92 Å². The molecule has 146 valence electrons. The van der Waals surface area contributed by atoms with E-state index in [1.165, 1.54) is 5.56 Å². The highest BCUT2D eigenvalue weighted by atomic mass is 16.1. The number of amides is 1. The molecule has 29 heavy (non-hydrogen) atoms. The van der Waals surface area contributed by atoms with E-state index in [9.17, 15) is 4.79 Å². The molecule has 4 rings (SSSR count). The van der Waals surface area contributed by atoms with Crippen molar-refractivity contribution >= 4 is 22.6 Å². The van der Waals surface area contributed by atoms with Crippen LogP contribution in [-0.2, 0) is 17.6 Å². The summed E-state index contributed by atoms with van der Waals surface area (Å²) in [6.45, 7) is 3.78. The standard InChI is InChI=1S/C25H25N3O/c1-18(2)25(29)26-20-15-12-19(13-16-20)14-17-24-27-22-10-6-7-11-23(22)28(24)21-8-4-3-5-9-21/h3-13,15-16,18H,14,17H2,1-2H3,(H,26,29). The summed E-state index contributed by atoms with van der Waals surface area (Å²) in [5.74, 6) is 1.06. The van der Waals surface area contributed by atoms with Crippen LogP contribution >= 0.6 is 0 Å². The molecule has 0 radical (unpaired) electrons. The Labute approximate surface area is 171 Å². The third-order valence-electron chi connectivity index (χ3n) is 5.03. The number of aromatic nitrogens is 2. The first kappa shape index (κ1) is 18.9. The van der Waals surface area contributed by atoms with Crippen molar-refractivity contribution in [3.8, 4) is 5.69 Å². The molecular weight excluding hydrogens is 358 g/mol. The highest BCUT2D eigenvalue weighted by molar-refractivity contribution is 5.92. The summed E-state index contributed by atoms with van der Waals surface area (Å²) >= 11 is 0. The van der Waals surface area contributed by atoms with E-state index in [1.807, 2.05) is 38.1 Å². The van der Waals surface area contributed by atoms with E-state index >= 15 is 0 Å². The monoisotopic (exact) mass is 383 g/mol. The van der Waals surface area contributed by atoms with E-state index in [1.54, 1.807) is 0 Å². The number of carbonyl (C=O) groups is 1. The fourth-order valence-electron chi connectivity index (χ4n) is 3.41. The smallest absolute Gasteiger partial charge is 0.226 e. The molecule has 0 aliphatic carbocycles. The lowest BCUT2D eigenvalue weighted by molar-refractivity contribution is -0.118. The van der Waals surface area contributed by atoms with E-state index < -0.39 is 0 Å². The van der Waals surface area contributed by atoms with Gasteiger partial charge in [0.1, 0.15) is 5.82 Å². The molecule has 0 saturated carbocycles. The summed E-state index contributed by atoms with van der Waals surface area (Å²) in [4.78, 5) is 16.7. The summed E-state index contributed by atoms with van der Waals surface area (Å²) in [5.41, 5.74) is 5.32. The average Bonchev–Trinajstić information content (AvgIpc) is 3.12. The predicted octanol–water partition coefficient (Wildman–Crippen LogP) is 5.41. The second-order valence-corrected chi connectivity index (χ2v) is 7.53. The number of benzene rings is 3. The van der Waals surface area contributed by atoms with Gasteiger partial charge < -0.3 is 5.32 Å². The predicted molar refractivity (Wildman–Crippen MR) is 118 cm³/mol. The van der Waals surface area contributed by atoms with Crippen LogP contribution < -0.4 is 5.32 Å². The van der Waals surface area contributed by atoms with E-state index in [2.05, 4.69) is 64.5 Å². The summed E-state index contributed by atoms with van der Waals surface area (Å²) < 4.78 is 2.24. The van der Waals surface area contributed by atoms with Gasteiger partial charge in [0.2, 0.25) is 5.91 Å². The maximum atomic E-state index is 11.8. The van der Waals surface area contributed by atoms with Crippen LogP contribution in [-0.4, -0.2) is 15.5 Å². The molecule has 1 N–H and O–H groups in total. The zero-order chi connectivity index (χ0) is 20.2. The summed E-state index contributed by atoms with van der Waals surface area (Å²) in [7, 11) is 0. The van der Waals surface area contributed by atoms with Crippen molar-refractivity contribution in [3.05, 3.63) is 90.3 Å². The Morgan fingerprint density at radius 2 is 1.59 bits per heavy atom. The number of carbonyl (C=O) groups excluding carboxylic acids is 1. The molecular formula is C25H25N3O. The Hall–Kier alpha value is -3.40. The van der Waals surface area contributed by atoms with Gasteiger partial charge in [-0.1, -0.05) is 56.3 Å². The number of imidazole rings is 1. The van der Waals surface area contributed by atoms with Crippen molar-refractivity contribution in [3.63, 3.8) is 0 Å². The molecule has 0 spiro atoms. The van der Waals surface area contributed by atoms with Gasteiger partial charge in [-0.2, -0.15) is 0 Å². The molecule has 0 saturated heterocycles. The van der Waals surface area contributed by atoms with Crippen LogP contribution in [0.2, 0.25) is 0 Å². The number of para-hydroxylation sites is 3. The SMILES string of the molecule is CC(C)C(=O)Nc1ccc(CCc2nc3ccccc3n2-c2ccccc2)cc1. The van der Waals surface area contributed by atoms with Crippen LogP contribution in [0.5, 0.6) is 0 Å². The quantitative estimate of drug-likeness (QED) is 0.484. The topological polar surface area (TPSA) is 46.9 Å². The number of fused-ring (bicyclic) bond motifs is 1. The Morgan fingerprint density at radius 3 is 2.31 bits per heavy atom. The van der Waals surface area contributed by atoms with Gasteiger partial charge >= 0.3 is 0 Å². The fourth-order valence-corrected chi connectivity index (χ4v) is 3.41. The molecule has 4 heteroatoms. The number of hydrogen-bond donors (Lipinski definition) is 1. The van der Waals surface area contributed by atoms with Crippen LogP contribution in [0.3, 0.4) is 0 Å². The molecule has 0 atom stereocenters. The van der Waals surface area contributed by atoms with Gasteiger partial charge in [-0.05, 0) is 48.4 Å². The minimum atomic E-state index is -0.0272. The number of nitrogens with zero attached hydrogens (tertiary/aromatic N) is 2. The molecule has 3 aromatic carbocycles. The first-order valence-electron chi connectivity index (χ1n) is 10.0. The van der Waals surface area contributed by atoms with E-state index in [4.69, 9.17) is 4.98 Å². The molecule has 1 amide bonds. The Kier molecular flexibility index (Phi) is 5.43. The number of anilines is 1. The summed E-state index contributed by atoms with van der Waals surface area (Å²) in [6.07, 6.45) is 1.72. The lowest BCUT2D eigenvalue weighted by Gasteiger charge is -2.10. The van der Waals surface area contributed by atoms with Crippen LogP contribution in [0.1, 0.15) is 25.2 Å². The number of rotatable bonds is 6. The minimum absolute atomic E-state index is 0.0272. The van der Waals surface area contributed by atoms with Crippen molar-refractivity contribution < 1.29 is 4.79 Å². The molecule has 4 aromatic rings. The van der Waals surface area contributed by atoms with Crippen molar-refractivity contribution in [2.24, 2.45) is 5.92 Å². The maximum Gasteiger partial charge on any atom is 0.226 e. The Bertz CT molecular complexity index is 1110.